The summed E-state index contributed by atoms with van der Waals surface area (Å²) < 4.78 is 20.0. The molecule has 0 saturated carbocycles. The number of carbonyl (C=O) groups excluding carboxylic acids is 2. The van der Waals surface area contributed by atoms with Crippen LogP contribution in [0.3, 0.4) is 0 Å². The highest BCUT2D eigenvalue weighted by Gasteiger charge is 2.23. The third-order valence-corrected chi connectivity index (χ3v) is 4.86. The molecule has 1 heterocycles. The Kier molecular flexibility index (Phi) is 7.02. The van der Waals surface area contributed by atoms with Crippen molar-refractivity contribution in [1.29, 1.82) is 0 Å². The molecule has 1 aromatic heterocycles. The van der Waals surface area contributed by atoms with Crippen molar-refractivity contribution in [3.05, 3.63) is 71.8 Å². The van der Waals surface area contributed by atoms with Crippen molar-refractivity contribution in [2.75, 3.05) is 25.5 Å². The zero-order valence-corrected chi connectivity index (χ0v) is 17.8. The molecule has 0 aliphatic heterocycles. The summed E-state index contributed by atoms with van der Waals surface area (Å²) >= 11 is 0. The van der Waals surface area contributed by atoms with Gasteiger partial charge in [0.2, 0.25) is 5.91 Å². The average Bonchev–Trinajstić information content (AvgIpc) is 3.21. The molecule has 0 fully saturated rings. The molecule has 0 aliphatic carbocycles. The number of nitrogens with one attached hydrogen (secondary N) is 1. The molecular weight excluding hydrogens is 399 g/mol. The Morgan fingerprint density at radius 2 is 1.90 bits per heavy atom. The van der Waals surface area contributed by atoms with Gasteiger partial charge in [-0.1, -0.05) is 13.0 Å². The van der Waals surface area contributed by atoms with Crippen molar-refractivity contribution >= 4 is 17.5 Å². The number of rotatable bonds is 8. The molecule has 0 saturated heterocycles. The smallest absolute Gasteiger partial charge is 0.257 e. The minimum Gasteiger partial charge on any atom is -0.497 e. The minimum atomic E-state index is -0.343. The van der Waals surface area contributed by atoms with E-state index in [1.54, 1.807) is 48.2 Å². The third kappa shape index (κ3) is 5.09. The van der Waals surface area contributed by atoms with Gasteiger partial charge in [-0.3, -0.25) is 9.59 Å². The molecule has 31 heavy (non-hydrogen) atoms. The first-order valence-corrected chi connectivity index (χ1v) is 10.0. The van der Waals surface area contributed by atoms with Gasteiger partial charge in [0, 0.05) is 18.3 Å². The molecule has 0 spiro atoms. The lowest BCUT2D eigenvalue weighted by molar-refractivity contribution is -0.116. The molecule has 3 rings (SSSR count). The summed E-state index contributed by atoms with van der Waals surface area (Å²) in [7, 11) is 1.55. The fourth-order valence-electron chi connectivity index (χ4n) is 3.27. The number of anilines is 1. The molecule has 1 N–H and O–H groups in total. The van der Waals surface area contributed by atoms with E-state index in [2.05, 4.69) is 10.4 Å². The van der Waals surface area contributed by atoms with Gasteiger partial charge >= 0.3 is 0 Å². The molecule has 8 heteroatoms. The number of carbonyl (C=O) groups is 2. The topological polar surface area (TPSA) is 76.5 Å². The first-order valence-electron chi connectivity index (χ1n) is 10.0. The number of ether oxygens (including phenoxy) is 1. The van der Waals surface area contributed by atoms with Gasteiger partial charge in [-0.25, -0.2) is 9.07 Å². The molecule has 162 valence electrons. The zero-order valence-electron chi connectivity index (χ0n) is 17.8. The van der Waals surface area contributed by atoms with E-state index in [9.17, 15) is 14.0 Å². The van der Waals surface area contributed by atoms with Gasteiger partial charge in [0.1, 0.15) is 18.1 Å². The van der Waals surface area contributed by atoms with Crippen molar-refractivity contribution in [3.8, 4) is 11.4 Å². The van der Waals surface area contributed by atoms with Gasteiger partial charge in [0.05, 0.1) is 30.3 Å². The van der Waals surface area contributed by atoms with E-state index in [-0.39, 0.29) is 24.2 Å². The lowest BCUT2D eigenvalue weighted by atomic mass is 10.1. The second-order valence-corrected chi connectivity index (χ2v) is 6.85. The third-order valence-electron chi connectivity index (χ3n) is 4.86. The second-order valence-electron chi connectivity index (χ2n) is 6.85. The van der Waals surface area contributed by atoms with Crippen LogP contribution in [0, 0.1) is 5.82 Å². The summed E-state index contributed by atoms with van der Waals surface area (Å²) in [6.45, 7) is 3.99. The number of methoxy groups -OCH3 is 1. The van der Waals surface area contributed by atoms with Crippen LogP contribution in [-0.2, 0) is 11.2 Å². The van der Waals surface area contributed by atoms with Crippen LogP contribution >= 0.6 is 0 Å². The van der Waals surface area contributed by atoms with Crippen LogP contribution in [0.5, 0.6) is 5.75 Å². The lowest BCUT2D eigenvalue weighted by Crippen LogP contribution is -2.38. The molecular formula is C23H25FN4O3. The number of hydrogen-bond donors (Lipinski definition) is 1. The number of benzene rings is 2. The van der Waals surface area contributed by atoms with Crippen LogP contribution in [0.2, 0.25) is 0 Å². The maximum absolute atomic E-state index is 13.3. The van der Waals surface area contributed by atoms with Crippen molar-refractivity contribution in [3.63, 3.8) is 0 Å². The summed E-state index contributed by atoms with van der Waals surface area (Å²) in [6, 6.07) is 12.9. The Bertz CT molecular complexity index is 1060. The molecule has 0 aliphatic rings. The van der Waals surface area contributed by atoms with E-state index in [0.717, 1.165) is 0 Å². The monoisotopic (exact) mass is 424 g/mol. The van der Waals surface area contributed by atoms with Crippen LogP contribution in [0.25, 0.3) is 5.69 Å². The van der Waals surface area contributed by atoms with Crippen LogP contribution in [0.4, 0.5) is 10.1 Å². The van der Waals surface area contributed by atoms with E-state index in [4.69, 9.17) is 4.74 Å². The fraction of sp³-hybridized carbons (Fsp3) is 0.261. The quantitative estimate of drug-likeness (QED) is 0.599. The first-order chi connectivity index (χ1) is 15.0. The maximum atomic E-state index is 13.3. The minimum absolute atomic E-state index is 0.0998. The van der Waals surface area contributed by atoms with Gasteiger partial charge < -0.3 is 15.0 Å². The van der Waals surface area contributed by atoms with Crippen molar-refractivity contribution in [2.24, 2.45) is 0 Å². The van der Waals surface area contributed by atoms with E-state index < -0.39 is 0 Å². The molecule has 0 bridgehead atoms. The molecule has 7 nitrogen and oxygen atoms in total. The summed E-state index contributed by atoms with van der Waals surface area (Å²) in [6.07, 6.45) is 2.04. The second kappa shape index (κ2) is 9.88. The standard InChI is InChI=1S/C23H25FN4O3/c1-4-21-20(14-25-28(21)18-11-9-16(24)10-12-18)23(30)27(5-2)15-22(29)26-17-7-6-8-19(13-17)31-3/h6-14H,4-5,15H2,1-3H3,(H,26,29). The number of nitrogens with zero attached hydrogens (tertiary/aromatic N) is 3. The molecule has 0 atom stereocenters. The Balaban J connectivity index is 1.77. The van der Waals surface area contributed by atoms with E-state index in [1.807, 2.05) is 13.8 Å². The Morgan fingerprint density at radius 3 is 2.55 bits per heavy atom. The van der Waals surface area contributed by atoms with Crippen molar-refractivity contribution in [2.45, 2.75) is 20.3 Å². The normalized spacial score (nSPS) is 10.6. The highest BCUT2D eigenvalue weighted by atomic mass is 19.1. The fourth-order valence-corrected chi connectivity index (χ4v) is 3.27. The number of hydrogen-bond acceptors (Lipinski definition) is 4. The number of halogens is 1. The van der Waals surface area contributed by atoms with Gasteiger partial charge in [0.25, 0.3) is 5.91 Å². The van der Waals surface area contributed by atoms with Gasteiger partial charge in [0.15, 0.2) is 0 Å². The largest absolute Gasteiger partial charge is 0.497 e. The van der Waals surface area contributed by atoms with E-state index in [0.29, 0.717) is 41.3 Å². The number of amides is 2. The highest BCUT2D eigenvalue weighted by molar-refractivity contribution is 6.00. The summed E-state index contributed by atoms with van der Waals surface area (Å²) in [5.74, 6) is -0.313. The highest BCUT2D eigenvalue weighted by Crippen LogP contribution is 2.19. The Morgan fingerprint density at radius 1 is 1.16 bits per heavy atom. The molecule has 0 radical (unpaired) electrons. The maximum Gasteiger partial charge on any atom is 0.257 e. The summed E-state index contributed by atoms with van der Waals surface area (Å²) in [5, 5.41) is 7.11. The molecule has 3 aromatic rings. The predicted molar refractivity (Wildman–Crippen MR) is 116 cm³/mol. The summed E-state index contributed by atoms with van der Waals surface area (Å²) in [5.41, 5.74) is 2.37. The van der Waals surface area contributed by atoms with E-state index in [1.165, 1.54) is 23.2 Å². The molecule has 2 amide bonds. The predicted octanol–water partition coefficient (Wildman–Crippen LogP) is 3.68. The number of aromatic nitrogens is 2. The Labute approximate surface area is 180 Å². The van der Waals surface area contributed by atoms with Crippen LogP contribution in [0.15, 0.2) is 54.7 Å². The SMILES string of the molecule is CCc1c(C(=O)N(CC)CC(=O)Nc2cccc(OC)c2)cnn1-c1ccc(F)cc1. The Hall–Kier alpha value is -3.68. The molecule has 2 aromatic carbocycles. The van der Waals surface area contributed by atoms with Crippen LogP contribution in [-0.4, -0.2) is 46.7 Å². The number of likely N-dealkylation sites (N-methyl/N-ethyl adjacent to an activating group) is 1. The van der Waals surface area contributed by atoms with E-state index >= 15 is 0 Å². The summed E-state index contributed by atoms with van der Waals surface area (Å²) in [4.78, 5) is 27.1. The van der Waals surface area contributed by atoms with Crippen LogP contribution < -0.4 is 10.1 Å². The average molecular weight is 424 g/mol. The zero-order chi connectivity index (χ0) is 22.4. The van der Waals surface area contributed by atoms with Crippen molar-refractivity contribution in [1.82, 2.24) is 14.7 Å². The first kappa shape index (κ1) is 22.0. The lowest BCUT2D eigenvalue weighted by Gasteiger charge is -2.20. The van der Waals surface area contributed by atoms with Crippen LogP contribution in [0.1, 0.15) is 29.9 Å². The molecule has 0 unspecified atom stereocenters. The van der Waals surface area contributed by atoms with Crippen molar-refractivity contribution < 1.29 is 18.7 Å². The van der Waals surface area contributed by atoms with Gasteiger partial charge in [-0.15, -0.1) is 0 Å². The van der Waals surface area contributed by atoms with Gasteiger partial charge in [-0.05, 0) is 49.7 Å². The van der Waals surface area contributed by atoms with Gasteiger partial charge in [-0.2, -0.15) is 5.10 Å².